The summed E-state index contributed by atoms with van der Waals surface area (Å²) in [5, 5.41) is 0. The van der Waals surface area contributed by atoms with Crippen molar-refractivity contribution in [1.82, 2.24) is 14.4 Å². The maximum absolute atomic E-state index is 5.67. The predicted molar refractivity (Wildman–Crippen MR) is 72.9 cm³/mol. The molecule has 0 amide bonds. The molecule has 3 rings (SSSR count). The van der Waals surface area contributed by atoms with Crippen molar-refractivity contribution < 1.29 is 4.74 Å². The van der Waals surface area contributed by atoms with Crippen molar-refractivity contribution in [3.63, 3.8) is 0 Å². The topological polar surface area (TPSA) is 65.4 Å². The molecular formula is C14H14N4O. The third-order valence-corrected chi connectivity index (χ3v) is 3.08. The minimum atomic E-state index is 0.378. The zero-order valence-corrected chi connectivity index (χ0v) is 10.6. The van der Waals surface area contributed by atoms with E-state index in [9.17, 15) is 0 Å². The Bertz CT molecular complexity index is 703. The maximum Gasteiger partial charge on any atom is 0.160 e. The largest absolute Gasteiger partial charge is 0.497 e. The molecule has 0 saturated heterocycles. The first-order valence-electron chi connectivity index (χ1n) is 5.99. The number of ether oxygens (including phenoxy) is 1. The second-order valence-electron chi connectivity index (χ2n) is 4.14. The summed E-state index contributed by atoms with van der Waals surface area (Å²) in [6, 6.07) is 7.87. The van der Waals surface area contributed by atoms with Gasteiger partial charge in [-0.25, -0.2) is 4.98 Å². The third kappa shape index (κ3) is 1.94. The standard InChI is InChI=1S/C14H14N4O/c1-19-11-4-2-10(3-5-11)13-9-17-14-12(8-15)16-6-7-18(13)14/h2-7,9H,8,15H2,1H3. The quantitative estimate of drug-likeness (QED) is 0.774. The lowest BCUT2D eigenvalue weighted by molar-refractivity contribution is 0.415. The van der Waals surface area contributed by atoms with Crippen LogP contribution >= 0.6 is 0 Å². The minimum absolute atomic E-state index is 0.378. The summed E-state index contributed by atoms with van der Waals surface area (Å²) in [6.07, 6.45) is 5.46. The van der Waals surface area contributed by atoms with Gasteiger partial charge in [0.05, 0.1) is 24.7 Å². The van der Waals surface area contributed by atoms with Crippen LogP contribution in [0.15, 0.2) is 42.9 Å². The van der Waals surface area contributed by atoms with Crippen LogP contribution in [-0.4, -0.2) is 21.5 Å². The van der Waals surface area contributed by atoms with Gasteiger partial charge in [-0.15, -0.1) is 0 Å². The van der Waals surface area contributed by atoms with Gasteiger partial charge in [0, 0.05) is 24.5 Å². The fraction of sp³-hybridized carbons (Fsp3) is 0.143. The van der Waals surface area contributed by atoms with Crippen molar-refractivity contribution in [1.29, 1.82) is 0 Å². The van der Waals surface area contributed by atoms with Gasteiger partial charge >= 0.3 is 0 Å². The van der Waals surface area contributed by atoms with Crippen molar-refractivity contribution >= 4 is 5.65 Å². The number of nitrogens with zero attached hydrogens (tertiary/aromatic N) is 3. The molecule has 19 heavy (non-hydrogen) atoms. The first kappa shape index (κ1) is 11.7. The fourth-order valence-electron chi connectivity index (χ4n) is 2.09. The normalized spacial score (nSPS) is 10.8. The molecule has 0 fully saturated rings. The number of aromatic nitrogens is 3. The number of hydrogen-bond acceptors (Lipinski definition) is 4. The first-order chi connectivity index (χ1) is 9.33. The van der Waals surface area contributed by atoms with E-state index in [0.717, 1.165) is 28.3 Å². The molecule has 0 atom stereocenters. The molecular weight excluding hydrogens is 240 g/mol. The summed E-state index contributed by atoms with van der Waals surface area (Å²) in [4.78, 5) is 8.63. The average Bonchev–Trinajstić information content (AvgIpc) is 2.91. The van der Waals surface area contributed by atoms with Crippen molar-refractivity contribution in [2.24, 2.45) is 5.73 Å². The van der Waals surface area contributed by atoms with E-state index in [0.29, 0.717) is 6.54 Å². The van der Waals surface area contributed by atoms with Crippen molar-refractivity contribution in [3.8, 4) is 17.0 Å². The van der Waals surface area contributed by atoms with Gasteiger partial charge in [-0.1, -0.05) is 0 Å². The number of nitrogens with two attached hydrogens (primary N) is 1. The van der Waals surface area contributed by atoms with Crippen LogP contribution in [0.1, 0.15) is 5.69 Å². The van der Waals surface area contributed by atoms with E-state index < -0.39 is 0 Å². The Hall–Kier alpha value is -2.40. The first-order valence-corrected chi connectivity index (χ1v) is 5.99. The molecule has 0 radical (unpaired) electrons. The number of methoxy groups -OCH3 is 1. The molecule has 5 nitrogen and oxygen atoms in total. The number of fused-ring (bicyclic) bond motifs is 1. The highest BCUT2D eigenvalue weighted by atomic mass is 16.5. The predicted octanol–water partition coefficient (Wildman–Crippen LogP) is 1.86. The molecule has 5 heteroatoms. The van der Waals surface area contributed by atoms with E-state index in [2.05, 4.69) is 9.97 Å². The van der Waals surface area contributed by atoms with Crippen LogP contribution in [0.3, 0.4) is 0 Å². The Balaban J connectivity index is 2.14. The van der Waals surface area contributed by atoms with Crippen LogP contribution in [0, 0.1) is 0 Å². The van der Waals surface area contributed by atoms with Crippen LogP contribution < -0.4 is 10.5 Å². The molecule has 0 aliphatic heterocycles. The van der Waals surface area contributed by atoms with E-state index in [-0.39, 0.29) is 0 Å². The highest BCUT2D eigenvalue weighted by Crippen LogP contribution is 2.23. The Kier molecular flexibility index (Phi) is 2.89. The van der Waals surface area contributed by atoms with Crippen LogP contribution in [0.2, 0.25) is 0 Å². The maximum atomic E-state index is 5.67. The molecule has 3 aromatic rings. The zero-order chi connectivity index (χ0) is 13.2. The van der Waals surface area contributed by atoms with Crippen LogP contribution in [-0.2, 0) is 6.54 Å². The SMILES string of the molecule is COc1ccc(-c2cnc3c(CN)nccn23)cc1. The van der Waals surface area contributed by atoms with Crippen molar-refractivity contribution in [2.75, 3.05) is 7.11 Å². The van der Waals surface area contributed by atoms with Gasteiger partial charge < -0.3 is 10.5 Å². The summed E-state index contributed by atoms with van der Waals surface area (Å²) in [7, 11) is 1.66. The molecule has 2 heterocycles. The number of rotatable bonds is 3. The van der Waals surface area contributed by atoms with Crippen LogP contribution in [0.25, 0.3) is 16.9 Å². The highest BCUT2D eigenvalue weighted by molar-refractivity contribution is 5.65. The Morgan fingerprint density at radius 1 is 1.21 bits per heavy atom. The third-order valence-electron chi connectivity index (χ3n) is 3.08. The molecule has 2 aromatic heterocycles. The lowest BCUT2D eigenvalue weighted by Gasteiger charge is -2.04. The molecule has 0 bridgehead atoms. The second kappa shape index (κ2) is 4.70. The van der Waals surface area contributed by atoms with E-state index in [1.807, 2.05) is 41.1 Å². The molecule has 0 aliphatic carbocycles. The smallest absolute Gasteiger partial charge is 0.160 e. The van der Waals surface area contributed by atoms with E-state index in [1.165, 1.54) is 0 Å². The summed E-state index contributed by atoms with van der Waals surface area (Å²) >= 11 is 0. The number of hydrogen-bond donors (Lipinski definition) is 1. The van der Waals surface area contributed by atoms with E-state index >= 15 is 0 Å². The Morgan fingerprint density at radius 2 is 2.00 bits per heavy atom. The highest BCUT2D eigenvalue weighted by Gasteiger charge is 2.09. The monoisotopic (exact) mass is 254 g/mol. The molecule has 0 aliphatic rings. The van der Waals surface area contributed by atoms with Gasteiger partial charge in [0.15, 0.2) is 5.65 Å². The van der Waals surface area contributed by atoms with E-state index in [1.54, 1.807) is 13.3 Å². The van der Waals surface area contributed by atoms with Gasteiger partial charge in [-0.05, 0) is 24.3 Å². The van der Waals surface area contributed by atoms with Gasteiger partial charge in [-0.2, -0.15) is 0 Å². The van der Waals surface area contributed by atoms with Crippen LogP contribution in [0.5, 0.6) is 5.75 Å². The lowest BCUT2D eigenvalue weighted by Crippen LogP contribution is -2.03. The molecule has 0 saturated carbocycles. The summed E-state index contributed by atoms with van der Waals surface area (Å²) in [5.74, 6) is 0.835. The van der Waals surface area contributed by atoms with E-state index in [4.69, 9.17) is 10.5 Å². The Labute approximate surface area is 110 Å². The van der Waals surface area contributed by atoms with Crippen LogP contribution in [0.4, 0.5) is 0 Å². The lowest BCUT2D eigenvalue weighted by atomic mass is 10.1. The average molecular weight is 254 g/mol. The molecule has 2 N–H and O–H groups in total. The summed E-state index contributed by atoms with van der Waals surface area (Å²) < 4.78 is 7.16. The number of benzene rings is 1. The zero-order valence-electron chi connectivity index (χ0n) is 10.6. The molecule has 0 unspecified atom stereocenters. The molecule has 0 spiro atoms. The fourth-order valence-corrected chi connectivity index (χ4v) is 2.09. The van der Waals surface area contributed by atoms with Gasteiger partial charge in [0.2, 0.25) is 0 Å². The second-order valence-corrected chi connectivity index (χ2v) is 4.14. The van der Waals surface area contributed by atoms with Crippen molar-refractivity contribution in [2.45, 2.75) is 6.54 Å². The van der Waals surface area contributed by atoms with Gasteiger partial charge in [-0.3, -0.25) is 9.38 Å². The van der Waals surface area contributed by atoms with Gasteiger partial charge in [0.1, 0.15) is 5.75 Å². The number of imidazole rings is 1. The van der Waals surface area contributed by atoms with Gasteiger partial charge in [0.25, 0.3) is 0 Å². The minimum Gasteiger partial charge on any atom is -0.497 e. The van der Waals surface area contributed by atoms with Crippen molar-refractivity contribution in [3.05, 3.63) is 48.5 Å². The summed E-state index contributed by atoms with van der Waals surface area (Å²) in [5.41, 5.74) is 9.35. The summed E-state index contributed by atoms with van der Waals surface area (Å²) in [6.45, 7) is 0.378. The Morgan fingerprint density at radius 3 is 2.68 bits per heavy atom. The molecule has 96 valence electrons. The molecule has 1 aromatic carbocycles.